The van der Waals surface area contributed by atoms with Crippen molar-refractivity contribution in [2.24, 2.45) is 0 Å². The van der Waals surface area contributed by atoms with Crippen molar-refractivity contribution in [1.29, 1.82) is 0 Å². The topological polar surface area (TPSA) is 76.5 Å². The maximum Gasteiger partial charge on any atom is 0.258 e. The monoisotopic (exact) mass is 427 g/mol. The van der Waals surface area contributed by atoms with Crippen LogP contribution in [-0.2, 0) is 12.3 Å². The smallest absolute Gasteiger partial charge is 0.258 e. The first kappa shape index (κ1) is 19.4. The van der Waals surface area contributed by atoms with Crippen LogP contribution in [0.2, 0.25) is 5.02 Å². The van der Waals surface area contributed by atoms with E-state index in [9.17, 15) is 9.18 Å². The minimum atomic E-state index is -0.315. The van der Waals surface area contributed by atoms with Crippen molar-refractivity contribution in [3.05, 3.63) is 82.1 Å². The molecule has 0 bridgehead atoms. The first-order chi connectivity index (χ1) is 14.0. The maximum absolute atomic E-state index is 13.2. The van der Waals surface area contributed by atoms with Crippen molar-refractivity contribution < 1.29 is 4.39 Å². The normalized spacial score (nSPS) is 11.1. The van der Waals surface area contributed by atoms with Crippen molar-refractivity contribution in [3.8, 4) is 11.4 Å². The van der Waals surface area contributed by atoms with E-state index >= 15 is 0 Å². The fourth-order valence-corrected chi connectivity index (χ4v) is 3.85. The number of benzene rings is 2. The van der Waals surface area contributed by atoms with Gasteiger partial charge in [0.05, 0.1) is 16.7 Å². The zero-order valence-electron chi connectivity index (χ0n) is 15.1. The number of H-pyrrole nitrogens is 1. The number of halogens is 2. The zero-order chi connectivity index (χ0) is 20.4. The van der Waals surface area contributed by atoms with Gasteiger partial charge in [-0.1, -0.05) is 29.4 Å². The third kappa shape index (κ3) is 4.08. The number of aromatic amines is 1. The summed E-state index contributed by atoms with van der Waals surface area (Å²) in [6.45, 7) is 4.27. The Hall–Kier alpha value is -2.97. The molecule has 9 heteroatoms. The van der Waals surface area contributed by atoms with Crippen molar-refractivity contribution in [2.75, 3.05) is 0 Å². The number of thioether (sulfide) groups is 1. The van der Waals surface area contributed by atoms with E-state index < -0.39 is 0 Å². The molecule has 2 heterocycles. The van der Waals surface area contributed by atoms with Crippen LogP contribution in [0, 0.1) is 5.82 Å². The molecular formula is C20H15ClFN5OS. The van der Waals surface area contributed by atoms with Gasteiger partial charge in [-0.25, -0.2) is 9.37 Å². The molecule has 2 aromatic heterocycles. The van der Waals surface area contributed by atoms with E-state index in [-0.39, 0.29) is 11.4 Å². The molecule has 146 valence electrons. The highest BCUT2D eigenvalue weighted by molar-refractivity contribution is 7.98. The number of fused-ring (bicyclic) bond motifs is 1. The number of rotatable bonds is 6. The fraction of sp³-hybridized carbons (Fsp3) is 0.100. The summed E-state index contributed by atoms with van der Waals surface area (Å²) in [7, 11) is 0. The van der Waals surface area contributed by atoms with Gasteiger partial charge in [0.2, 0.25) is 0 Å². The van der Waals surface area contributed by atoms with Crippen molar-refractivity contribution >= 4 is 34.3 Å². The van der Waals surface area contributed by atoms with E-state index in [0.717, 1.165) is 5.56 Å². The quantitative estimate of drug-likeness (QED) is 0.363. The van der Waals surface area contributed by atoms with Gasteiger partial charge in [-0.3, -0.25) is 9.36 Å². The average Bonchev–Trinajstić information content (AvgIpc) is 3.09. The van der Waals surface area contributed by atoms with E-state index in [1.54, 1.807) is 36.4 Å². The van der Waals surface area contributed by atoms with Crippen LogP contribution < -0.4 is 5.56 Å². The van der Waals surface area contributed by atoms with Crippen molar-refractivity contribution in [3.63, 3.8) is 0 Å². The first-order valence-corrected chi connectivity index (χ1v) is 10.0. The summed E-state index contributed by atoms with van der Waals surface area (Å²) >= 11 is 7.39. The Morgan fingerprint density at radius 3 is 2.76 bits per heavy atom. The van der Waals surface area contributed by atoms with Gasteiger partial charge in [-0.2, -0.15) is 0 Å². The maximum atomic E-state index is 13.2. The third-order valence-corrected chi connectivity index (χ3v) is 5.40. The molecule has 0 saturated carbocycles. The van der Waals surface area contributed by atoms with Crippen LogP contribution in [0.3, 0.4) is 0 Å². The molecule has 0 atom stereocenters. The lowest BCUT2D eigenvalue weighted by Gasteiger charge is -2.08. The van der Waals surface area contributed by atoms with Crippen molar-refractivity contribution in [1.82, 2.24) is 24.7 Å². The van der Waals surface area contributed by atoms with Crippen LogP contribution in [0.5, 0.6) is 0 Å². The predicted octanol–water partition coefficient (Wildman–Crippen LogP) is 4.45. The number of nitrogens with one attached hydrogen (secondary N) is 1. The number of allylic oxidation sites excluding steroid dienone is 1. The summed E-state index contributed by atoms with van der Waals surface area (Å²) in [5.41, 5.74) is 1.07. The molecule has 0 aliphatic heterocycles. The van der Waals surface area contributed by atoms with E-state index in [2.05, 4.69) is 26.7 Å². The van der Waals surface area contributed by atoms with Crippen LogP contribution in [0.1, 0.15) is 5.82 Å². The van der Waals surface area contributed by atoms with Gasteiger partial charge in [0.25, 0.3) is 5.56 Å². The first-order valence-electron chi connectivity index (χ1n) is 8.66. The lowest BCUT2D eigenvalue weighted by molar-refractivity contribution is 0.628. The Labute approximate surface area is 174 Å². The summed E-state index contributed by atoms with van der Waals surface area (Å²) < 4.78 is 15.1. The molecular weight excluding hydrogens is 413 g/mol. The molecule has 0 fully saturated rings. The van der Waals surface area contributed by atoms with E-state index in [0.29, 0.717) is 45.0 Å². The molecule has 2 aromatic carbocycles. The number of hydrogen-bond donors (Lipinski definition) is 1. The van der Waals surface area contributed by atoms with Crippen LogP contribution >= 0.6 is 23.4 Å². The summed E-state index contributed by atoms with van der Waals surface area (Å²) in [6.07, 6.45) is 1.73. The predicted molar refractivity (Wildman–Crippen MR) is 113 cm³/mol. The molecule has 0 amide bonds. The molecule has 0 radical (unpaired) electrons. The molecule has 4 rings (SSSR count). The Kier molecular flexibility index (Phi) is 5.46. The highest BCUT2D eigenvalue weighted by Crippen LogP contribution is 2.26. The molecule has 0 aliphatic carbocycles. The van der Waals surface area contributed by atoms with Gasteiger partial charge < -0.3 is 4.98 Å². The molecule has 29 heavy (non-hydrogen) atoms. The second kappa shape index (κ2) is 8.18. The van der Waals surface area contributed by atoms with Gasteiger partial charge >= 0.3 is 0 Å². The Morgan fingerprint density at radius 2 is 2.00 bits per heavy atom. The molecule has 6 nitrogen and oxygen atoms in total. The minimum absolute atomic E-state index is 0.221. The lowest BCUT2D eigenvalue weighted by atomic mass is 10.2. The second-order valence-corrected chi connectivity index (χ2v) is 7.55. The summed E-state index contributed by atoms with van der Waals surface area (Å²) in [4.78, 5) is 19.6. The molecule has 0 saturated heterocycles. The standard InChI is InChI=1S/C20H15ClFN5OS/c1-2-9-27-18(12-3-6-14(22)7-4-12)25-26-20(27)29-11-17-23-16-10-13(21)5-8-15(16)19(28)24-17/h2-8,10H,1,9,11H2,(H,23,24,28). The van der Waals surface area contributed by atoms with Crippen molar-refractivity contribution in [2.45, 2.75) is 17.5 Å². The number of hydrogen-bond acceptors (Lipinski definition) is 5. The van der Waals surface area contributed by atoms with Crippen LogP contribution in [0.25, 0.3) is 22.3 Å². The Morgan fingerprint density at radius 1 is 1.21 bits per heavy atom. The zero-order valence-corrected chi connectivity index (χ0v) is 16.7. The van der Waals surface area contributed by atoms with Gasteiger partial charge in [0.1, 0.15) is 11.6 Å². The van der Waals surface area contributed by atoms with Gasteiger partial charge in [-0.05, 0) is 42.5 Å². The Balaban J connectivity index is 1.63. The van der Waals surface area contributed by atoms with Crippen LogP contribution in [0.4, 0.5) is 4.39 Å². The van der Waals surface area contributed by atoms with E-state index in [1.807, 2.05) is 4.57 Å². The lowest BCUT2D eigenvalue weighted by Crippen LogP contribution is -2.11. The summed E-state index contributed by atoms with van der Waals surface area (Å²) in [5.74, 6) is 1.19. The van der Waals surface area contributed by atoms with Crippen LogP contribution in [0.15, 0.2) is 65.1 Å². The van der Waals surface area contributed by atoms with Gasteiger partial charge in [0, 0.05) is 17.1 Å². The second-order valence-electron chi connectivity index (χ2n) is 6.18. The largest absolute Gasteiger partial charge is 0.309 e. The molecule has 4 aromatic rings. The third-order valence-electron chi connectivity index (χ3n) is 4.19. The molecule has 0 spiro atoms. The van der Waals surface area contributed by atoms with Crippen LogP contribution in [-0.4, -0.2) is 24.7 Å². The number of aromatic nitrogens is 5. The van der Waals surface area contributed by atoms with Gasteiger partial charge in [-0.15, -0.1) is 16.8 Å². The molecule has 1 N–H and O–H groups in total. The highest BCUT2D eigenvalue weighted by Gasteiger charge is 2.14. The average molecular weight is 428 g/mol. The summed E-state index contributed by atoms with van der Waals surface area (Å²) in [6, 6.07) is 11.0. The number of nitrogens with zero attached hydrogens (tertiary/aromatic N) is 4. The SMILES string of the molecule is C=CCn1c(SCc2nc3cc(Cl)ccc3c(=O)[nH]2)nnc1-c1ccc(F)cc1. The molecule has 0 unspecified atom stereocenters. The summed E-state index contributed by atoms with van der Waals surface area (Å²) in [5, 5.41) is 10.1. The van der Waals surface area contributed by atoms with Gasteiger partial charge in [0.15, 0.2) is 11.0 Å². The van der Waals surface area contributed by atoms with E-state index in [1.165, 1.54) is 23.9 Å². The minimum Gasteiger partial charge on any atom is -0.309 e. The highest BCUT2D eigenvalue weighted by atomic mass is 35.5. The Bertz CT molecular complexity index is 1250. The fourth-order valence-electron chi connectivity index (χ4n) is 2.86. The van der Waals surface area contributed by atoms with E-state index in [4.69, 9.17) is 11.6 Å². The molecule has 0 aliphatic rings.